The number of pyridine rings is 1. The zero-order valence-electron chi connectivity index (χ0n) is 10.1. The van der Waals surface area contributed by atoms with Gasteiger partial charge in [-0.2, -0.15) is 0 Å². The number of hydrogen-bond acceptors (Lipinski definition) is 4. The van der Waals surface area contributed by atoms with Crippen molar-refractivity contribution in [1.29, 1.82) is 0 Å². The molecule has 0 spiro atoms. The van der Waals surface area contributed by atoms with Crippen molar-refractivity contribution < 1.29 is 9.47 Å². The molecule has 3 nitrogen and oxygen atoms in total. The minimum absolute atomic E-state index is 0.608. The average Bonchev–Trinajstić information content (AvgIpc) is 2.45. The molecule has 0 saturated heterocycles. The zero-order valence-corrected chi connectivity index (χ0v) is 11.7. The molecule has 0 atom stereocenters. The second kappa shape index (κ2) is 5.72. The summed E-state index contributed by atoms with van der Waals surface area (Å²) < 4.78 is 11.1. The molecule has 2 aromatic rings. The maximum absolute atomic E-state index is 5.94. The van der Waals surface area contributed by atoms with Crippen LogP contribution in [0.5, 0.6) is 11.5 Å². The number of rotatable bonds is 3. The molecule has 1 aliphatic heterocycles. The van der Waals surface area contributed by atoms with Crippen LogP contribution in [-0.4, -0.2) is 18.2 Å². The van der Waals surface area contributed by atoms with Gasteiger partial charge in [-0.1, -0.05) is 11.6 Å². The molecule has 0 aliphatic carbocycles. The van der Waals surface area contributed by atoms with Gasteiger partial charge in [0, 0.05) is 21.9 Å². The third-order valence-electron chi connectivity index (χ3n) is 2.68. The molecule has 0 unspecified atom stereocenters. The van der Waals surface area contributed by atoms with Crippen molar-refractivity contribution in [2.75, 3.05) is 13.2 Å². The standard InChI is InChI=1S/C14H12ClNO2S/c15-10-3-4-16-11(7-10)9-19-12-1-2-13-14(8-12)18-6-5-17-13/h1-4,7-8H,5-6,9H2. The summed E-state index contributed by atoms with van der Waals surface area (Å²) in [4.78, 5) is 5.41. The van der Waals surface area contributed by atoms with E-state index < -0.39 is 0 Å². The van der Waals surface area contributed by atoms with E-state index >= 15 is 0 Å². The highest BCUT2D eigenvalue weighted by molar-refractivity contribution is 7.98. The van der Waals surface area contributed by atoms with Crippen LogP contribution >= 0.6 is 23.4 Å². The lowest BCUT2D eigenvalue weighted by molar-refractivity contribution is 0.171. The molecule has 0 N–H and O–H groups in total. The second-order valence-electron chi connectivity index (χ2n) is 4.06. The van der Waals surface area contributed by atoms with E-state index in [0.717, 1.165) is 27.8 Å². The van der Waals surface area contributed by atoms with Crippen LogP contribution in [0.15, 0.2) is 41.4 Å². The Morgan fingerprint density at radius 2 is 1.95 bits per heavy atom. The first kappa shape index (κ1) is 12.6. The molecule has 0 saturated carbocycles. The molecule has 1 aliphatic rings. The highest BCUT2D eigenvalue weighted by atomic mass is 35.5. The Balaban J connectivity index is 1.70. The third-order valence-corrected chi connectivity index (χ3v) is 3.94. The van der Waals surface area contributed by atoms with Crippen molar-refractivity contribution in [2.24, 2.45) is 0 Å². The summed E-state index contributed by atoms with van der Waals surface area (Å²) in [5.41, 5.74) is 0.965. The van der Waals surface area contributed by atoms with E-state index in [9.17, 15) is 0 Å². The smallest absolute Gasteiger partial charge is 0.162 e. The van der Waals surface area contributed by atoms with Gasteiger partial charge in [-0.3, -0.25) is 4.98 Å². The summed E-state index contributed by atoms with van der Waals surface area (Å²) >= 11 is 7.63. The summed E-state index contributed by atoms with van der Waals surface area (Å²) in [5.74, 6) is 2.41. The van der Waals surface area contributed by atoms with Crippen LogP contribution in [0.3, 0.4) is 0 Å². The second-order valence-corrected chi connectivity index (χ2v) is 5.54. The van der Waals surface area contributed by atoms with Crippen LogP contribution in [0.2, 0.25) is 5.02 Å². The Hall–Kier alpha value is -1.39. The maximum atomic E-state index is 5.94. The van der Waals surface area contributed by atoms with Gasteiger partial charge >= 0.3 is 0 Å². The first-order valence-corrected chi connectivity index (χ1v) is 7.30. The van der Waals surface area contributed by atoms with Crippen molar-refractivity contribution in [1.82, 2.24) is 4.98 Å². The predicted molar refractivity (Wildman–Crippen MR) is 76.2 cm³/mol. The van der Waals surface area contributed by atoms with Crippen molar-refractivity contribution in [3.05, 3.63) is 47.2 Å². The van der Waals surface area contributed by atoms with E-state index in [1.54, 1.807) is 24.0 Å². The van der Waals surface area contributed by atoms with Gasteiger partial charge in [-0.15, -0.1) is 11.8 Å². The SMILES string of the molecule is Clc1ccnc(CSc2ccc3c(c2)OCCO3)c1. The van der Waals surface area contributed by atoms with Crippen molar-refractivity contribution in [3.63, 3.8) is 0 Å². The first-order valence-electron chi connectivity index (χ1n) is 5.94. The normalized spacial score (nSPS) is 13.3. The van der Waals surface area contributed by atoms with Crippen LogP contribution in [0.25, 0.3) is 0 Å². The lowest BCUT2D eigenvalue weighted by Crippen LogP contribution is -2.15. The lowest BCUT2D eigenvalue weighted by Gasteiger charge is -2.18. The van der Waals surface area contributed by atoms with Crippen LogP contribution in [0.1, 0.15) is 5.69 Å². The Kier molecular flexibility index (Phi) is 3.80. The molecule has 19 heavy (non-hydrogen) atoms. The molecule has 1 aromatic carbocycles. The number of halogens is 1. The summed E-state index contributed by atoms with van der Waals surface area (Å²) in [6, 6.07) is 9.64. The quantitative estimate of drug-likeness (QED) is 0.806. The van der Waals surface area contributed by atoms with E-state index in [0.29, 0.717) is 18.2 Å². The van der Waals surface area contributed by atoms with Crippen molar-refractivity contribution in [2.45, 2.75) is 10.6 Å². The van der Waals surface area contributed by atoms with Gasteiger partial charge < -0.3 is 9.47 Å². The Bertz CT molecular complexity index is 591. The van der Waals surface area contributed by atoms with Gasteiger partial charge in [0.1, 0.15) is 13.2 Å². The van der Waals surface area contributed by atoms with Gasteiger partial charge in [-0.25, -0.2) is 0 Å². The van der Waals surface area contributed by atoms with E-state index in [-0.39, 0.29) is 0 Å². The molecule has 98 valence electrons. The number of hydrogen-bond donors (Lipinski definition) is 0. The molecule has 2 heterocycles. The van der Waals surface area contributed by atoms with Gasteiger partial charge in [0.25, 0.3) is 0 Å². The molecule has 3 rings (SSSR count). The molecule has 0 fully saturated rings. The summed E-state index contributed by atoms with van der Waals surface area (Å²) in [6.07, 6.45) is 1.72. The number of aromatic nitrogens is 1. The Morgan fingerprint density at radius 3 is 2.79 bits per heavy atom. The summed E-state index contributed by atoms with van der Waals surface area (Å²) in [7, 11) is 0. The largest absolute Gasteiger partial charge is 0.486 e. The van der Waals surface area contributed by atoms with Crippen molar-refractivity contribution >= 4 is 23.4 Å². The molecule has 0 radical (unpaired) electrons. The van der Waals surface area contributed by atoms with Gasteiger partial charge in [0.15, 0.2) is 11.5 Å². The van der Waals surface area contributed by atoms with Crippen LogP contribution in [0.4, 0.5) is 0 Å². The zero-order chi connectivity index (χ0) is 13.1. The Morgan fingerprint density at radius 1 is 1.11 bits per heavy atom. The minimum Gasteiger partial charge on any atom is -0.486 e. The van der Waals surface area contributed by atoms with E-state index in [1.165, 1.54) is 0 Å². The monoisotopic (exact) mass is 293 g/mol. The first-order chi connectivity index (χ1) is 9.31. The third kappa shape index (κ3) is 3.14. The highest BCUT2D eigenvalue weighted by Crippen LogP contribution is 2.35. The predicted octanol–water partition coefficient (Wildman–Crippen LogP) is 3.80. The molecular formula is C14H12ClNO2S. The van der Waals surface area contributed by atoms with Crippen LogP contribution < -0.4 is 9.47 Å². The maximum Gasteiger partial charge on any atom is 0.162 e. The molecule has 0 bridgehead atoms. The van der Waals surface area contributed by atoms with Crippen LogP contribution in [-0.2, 0) is 5.75 Å². The summed E-state index contributed by atoms with van der Waals surface area (Å²) in [5, 5.41) is 0.716. The lowest BCUT2D eigenvalue weighted by atomic mass is 10.3. The van der Waals surface area contributed by atoms with Crippen LogP contribution in [0, 0.1) is 0 Å². The van der Waals surface area contributed by atoms with Crippen molar-refractivity contribution in [3.8, 4) is 11.5 Å². The van der Waals surface area contributed by atoms with E-state index in [2.05, 4.69) is 4.98 Å². The fraction of sp³-hybridized carbons (Fsp3) is 0.214. The highest BCUT2D eigenvalue weighted by Gasteiger charge is 2.11. The number of fused-ring (bicyclic) bond motifs is 1. The molecule has 5 heteroatoms. The fourth-order valence-corrected chi connectivity index (χ4v) is 2.81. The van der Waals surface area contributed by atoms with E-state index in [1.807, 2.05) is 24.3 Å². The topological polar surface area (TPSA) is 31.4 Å². The number of nitrogens with zero attached hydrogens (tertiary/aromatic N) is 1. The number of benzene rings is 1. The molecule has 1 aromatic heterocycles. The summed E-state index contributed by atoms with van der Waals surface area (Å²) in [6.45, 7) is 1.23. The van der Waals surface area contributed by atoms with Gasteiger partial charge in [0.2, 0.25) is 0 Å². The average molecular weight is 294 g/mol. The molecular weight excluding hydrogens is 282 g/mol. The van der Waals surface area contributed by atoms with Gasteiger partial charge in [0.05, 0.1) is 5.69 Å². The fourth-order valence-electron chi connectivity index (χ4n) is 1.80. The number of ether oxygens (including phenoxy) is 2. The van der Waals surface area contributed by atoms with Gasteiger partial charge in [-0.05, 0) is 30.3 Å². The molecule has 0 amide bonds. The van der Waals surface area contributed by atoms with E-state index in [4.69, 9.17) is 21.1 Å². The Labute approximate surface area is 120 Å². The number of thioether (sulfide) groups is 1. The minimum atomic E-state index is 0.608.